The van der Waals surface area contributed by atoms with E-state index < -0.39 is 48.3 Å². The summed E-state index contributed by atoms with van der Waals surface area (Å²) in [6.07, 6.45) is 4.16. The van der Waals surface area contributed by atoms with Crippen molar-refractivity contribution in [3.63, 3.8) is 0 Å². The number of imide groups is 1. The molecule has 290 valence electrons. The van der Waals surface area contributed by atoms with Gasteiger partial charge >= 0.3 is 0 Å². The number of amides is 2. The molecule has 0 aliphatic carbocycles. The van der Waals surface area contributed by atoms with Crippen LogP contribution in [0.3, 0.4) is 0 Å². The number of rotatable bonds is 15. The summed E-state index contributed by atoms with van der Waals surface area (Å²) in [5, 5.41) is 13.8. The van der Waals surface area contributed by atoms with Crippen LogP contribution >= 0.6 is 23.4 Å². The highest BCUT2D eigenvalue weighted by Gasteiger charge is 2.31. The van der Waals surface area contributed by atoms with Gasteiger partial charge in [0.2, 0.25) is 11.8 Å². The molecule has 15 heteroatoms. The average Bonchev–Trinajstić information content (AvgIpc) is 3.18. The van der Waals surface area contributed by atoms with Crippen LogP contribution in [0.15, 0.2) is 89.1 Å². The molecule has 2 aromatic heterocycles. The Kier molecular flexibility index (Phi) is 12.3. The van der Waals surface area contributed by atoms with Crippen LogP contribution in [-0.4, -0.2) is 51.7 Å². The molecule has 0 saturated carbocycles. The lowest BCUT2D eigenvalue weighted by molar-refractivity contribution is -0.135. The van der Waals surface area contributed by atoms with Gasteiger partial charge in [-0.15, -0.1) is 0 Å². The van der Waals surface area contributed by atoms with Gasteiger partial charge in [-0.2, -0.15) is 5.26 Å². The van der Waals surface area contributed by atoms with Crippen molar-refractivity contribution in [1.29, 1.82) is 5.26 Å². The maximum atomic E-state index is 14.9. The van der Waals surface area contributed by atoms with E-state index in [1.165, 1.54) is 34.7 Å². The van der Waals surface area contributed by atoms with E-state index >= 15 is 0 Å². The van der Waals surface area contributed by atoms with Crippen molar-refractivity contribution in [1.82, 2.24) is 19.9 Å². The van der Waals surface area contributed by atoms with Crippen molar-refractivity contribution in [2.75, 3.05) is 19.5 Å². The van der Waals surface area contributed by atoms with Gasteiger partial charge in [0, 0.05) is 42.5 Å². The number of benzene rings is 3. The van der Waals surface area contributed by atoms with Crippen LogP contribution in [-0.2, 0) is 21.6 Å². The van der Waals surface area contributed by atoms with Gasteiger partial charge in [-0.1, -0.05) is 49.3 Å². The van der Waals surface area contributed by atoms with Gasteiger partial charge in [-0.3, -0.25) is 19.7 Å². The van der Waals surface area contributed by atoms with Crippen LogP contribution in [0.1, 0.15) is 68.0 Å². The zero-order chi connectivity index (χ0) is 40.0. The summed E-state index contributed by atoms with van der Waals surface area (Å²) in [5.74, 6) is -3.08. The third-order valence-electron chi connectivity index (χ3n) is 9.62. The molecule has 1 aliphatic heterocycles. The van der Waals surface area contributed by atoms with Crippen LogP contribution in [0.4, 0.5) is 8.78 Å². The Morgan fingerprint density at radius 1 is 0.964 bits per heavy atom. The summed E-state index contributed by atoms with van der Waals surface area (Å²) >= 11 is 8.05. The first-order valence-electron chi connectivity index (χ1n) is 17.7. The molecule has 5 aromatic rings. The smallest absolute Gasteiger partial charge is 0.259 e. The first-order valence-corrected chi connectivity index (χ1v) is 19.3. The Hall–Kier alpha value is -5.52. The van der Waals surface area contributed by atoms with Gasteiger partial charge in [-0.05, 0) is 83.8 Å². The molecule has 11 nitrogen and oxygen atoms in total. The maximum Gasteiger partial charge on any atom is 0.259 e. The summed E-state index contributed by atoms with van der Waals surface area (Å²) in [5.41, 5.74) is 1.56. The fourth-order valence-electron chi connectivity index (χ4n) is 6.30. The van der Waals surface area contributed by atoms with Gasteiger partial charge in [0.15, 0.2) is 10.9 Å². The number of nitriles is 1. The number of hydrogen-bond donors (Lipinski definition) is 1. The number of thioether (sulfide) groups is 1. The second-order valence-corrected chi connectivity index (χ2v) is 14.9. The number of carbonyl (C=O) groups excluding carboxylic acids is 2. The minimum Gasteiger partial charge on any atom is -0.493 e. The van der Waals surface area contributed by atoms with E-state index in [1.807, 2.05) is 44.4 Å². The van der Waals surface area contributed by atoms with Crippen LogP contribution in [0.25, 0.3) is 10.8 Å². The molecule has 0 spiro atoms. The number of nitrogens with zero attached hydrogens (tertiary/aromatic N) is 4. The lowest BCUT2D eigenvalue weighted by atomic mass is 9.77. The fourth-order valence-corrected chi connectivity index (χ4v) is 6.95. The number of carbonyl (C=O) groups is 2. The van der Waals surface area contributed by atoms with E-state index in [0.717, 1.165) is 16.8 Å². The number of fused-ring (bicyclic) bond motifs is 1. The van der Waals surface area contributed by atoms with E-state index in [-0.39, 0.29) is 48.3 Å². The lowest BCUT2D eigenvalue weighted by Gasteiger charge is -2.27. The van der Waals surface area contributed by atoms with Crippen molar-refractivity contribution in [2.45, 2.75) is 68.7 Å². The molecule has 3 heterocycles. The van der Waals surface area contributed by atoms with Crippen LogP contribution in [0.2, 0.25) is 5.02 Å². The van der Waals surface area contributed by atoms with Crippen LogP contribution < -0.4 is 25.1 Å². The first kappa shape index (κ1) is 40.2. The molecule has 0 radical (unpaired) electrons. The summed E-state index contributed by atoms with van der Waals surface area (Å²) in [6.45, 7) is 3.56. The zero-order valence-corrected chi connectivity index (χ0v) is 32.4. The van der Waals surface area contributed by atoms with E-state index in [0.29, 0.717) is 27.4 Å². The molecule has 6 rings (SSSR count). The predicted octanol–water partition coefficient (Wildman–Crippen LogP) is 7.79. The van der Waals surface area contributed by atoms with Crippen LogP contribution in [0.5, 0.6) is 17.2 Å². The normalized spacial score (nSPS) is 14.6. The van der Waals surface area contributed by atoms with E-state index in [9.17, 15) is 28.4 Å². The van der Waals surface area contributed by atoms with Crippen molar-refractivity contribution in [2.24, 2.45) is 0 Å². The van der Waals surface area contributed by atoms with Gasteiger partial charge < -0.3 is 18.8 Å². The highest BCUT2D eigenvalue weighted by atomic mass is 35.5. The molecule has 1 unspecified atom stereocenters. The number of alkyl halides is 2. The summed E-state index contributed by atoms with van der Waals surface area (Å²) in [4.78, 5) is 45.5. The molecule has 2 amide bonds. The Balaban J connectivity index is 1.02. The fraction of sp³-hybridized carbons (Fsp3) is 0.317. The minimum absolute atomic E-state index is 0.0340. The van der Waals surface area contributed by atoms with E-state index in [1.54, 1.807) is 36.5 Å². The topological polar surface area (TPSA) is 145 Å². The molecule has 0 bridgehead atoms. The average molecular weight is 802 g/mol. The number of halogens is 3. The molecule has 1 aliphatic rings. The van der Waals surface area contributed by atoms with Crippen LogP contribution in [0, 0.1) is 11.3 Å². The standard InChI is InChI=1S/C41H38ClF2N5O6S/c1-40(2,27-4-6-30(7-5-27)55-24-29-12-16-46-39(47-29)56-3)28-20-26(23-45)36(33(42)22-28)54-19-15-41(43,44)14-18-53-31-8-9-32-25(21-31)13-17-49(38(32)52)34-10-11-35(50)48-37(34)51/h4-9,12-13,16-17,20-22,34H,10-11,14-15,18-19,24H2,1-3H3,(H,48,50,51). The lowest BCUT2D eigenvalue weighted by Crippen LogP contribution is -2.44. The van der Waals surface area contributed by atoms with Crippen molar-refractivity contribution >= 4 is 45.9 Å². The SMILES string of the molecule is CSc1nccc(COc2ccc(C(C)(C)c3cc(Cl)c(OCCC(F)(F)CCOc4ccc5c(=O)n(C6CCC(=O)NC6=O)ccc5c4)c(C#N)c3)cc2)n1. The second-order valence-electron chi connectivity index (χ2n) is 13.7. The molecule has 1 atom stereocenters. The second kappa shape index (κ2) is 17.1. The first-order chi connectivity index (χ1) is 26.8. The van der Waals surface area contributed by atoms with Crippen molar-refractivity contribution in [3.05, 3.63) is 117 Å². The highest BCUT2D eigenvalue weighted by molar-refractivity contribution is 7.98. The maximum absolute atomic E-state index is 14.9. The Bertz CT molecular complexity index is 2370. The molecule has 3 aromatic carbocycles. The predicted molar refractivity (Wildman–Crippen MR) is 208 cm³/mol. The van der Waals surface area contributed by atoms with Gasteiger partial charge in [0.05, 0.1) is 29.5 Å². The van der Waals surface area contributed by atoms with Gasteiger partial charge in [-0.25, -0.2) is 18.7 Å². The number of aromatic nitrogens is 3. The minimum atomic E-state index is -3.16. The van der Waals surface area contributed by atoms with Crippen molar-refractivity contribution < 1.29 is 32.6 Å². The van der Waals surface area contributed by atoms with E-state index in [4.69, 9.17) is 25.8 Å². The molecule has 56 heavy (non-hydrogen) atoms. The summed E-state index contributed by atoms with van der Waals surface area (Å²) in [6, 6.07) is 20.2. The molecule has 1 N–H and O–H groups in total. The third kappa shape index (κ3) is 9.29. The summed E-state index contributed by atoms with van der Waals surface area (Å²) < 4.78 is 48.3. The number of piperidine rings is 1. The number of ether oxygens (including phenoxy) is 3. The zero-order valence-electron chi connectivity index (χ0n) is 30.8. The number of pyridine rings is 1. The van der Waals surface area contributed by atoms with Gasteiger partial charge in [0.1, 0.15) is 30.2 Å². The molecular weight excluding hydrogens is 764 g/mol. The Morgan fingerprint density at radius 3 is 2.41 bits per heavy atom. The quantitative estimate of drug-likeness (QED) is 0.0633. The van der Waals surface area contributed by atoms with Crippen molar-refractivity contribution in [3.8, 4) is 23.3 Å². The van der Waals surface area contributed by atoms with E-state index in [2.05, 4.69) is 21.4 Å². The Labute approximate surface area is 331 Å². The molecule has 1 saturated heterocycles. The van der Waals surface area contributed by atoms with Gasteiger partial charge in [0.25, 0.3) is 11.5 Å². The highest BCUT2D eigenvalue weighted by Crippen LogP contribution is 2.39. The Morgan fingerprint density at radius 2 is 1.70 bits per heavy atom. The number of hydrogen-bond acceptors (Lipinski definition) is 10. The summed E-state index contributed by atoms with van der Waals surface area (Å²) in [7, 11) is 0. The molecule has 1 fully saturated rings. The largest absolute Gasteiger partial charge is 0.493 e. The number of nitrogens with one attached hydrogen (secondary N) is 1. The third-order valence-corrected chi connectivity index (χ3v) is 10.5. The molecular formula is C41H38ClF2N5O6S. The monoisotopic (exact) mass is 801 g/mol.